The molecule has 3 atom stereocenters. The Morgan fingerprint density at radius 3 is 2.64 bits per heavy atom. The molecule has 1 fully saturated rings. The Bertz CT molecular complexity index is 684. The number of nitrogens with zero attached hydrogens (tertiary/aromatic N) is 1. The number of piperidine rings is 1. The molecule has 2 unspecified atom stereocenters. The first-order chi connectivity index (χ1) is 11.5. The first-order valence-electron chi connectivity index (χ1n) is 9.02. The van der Waals surface area contributed by atoms with Crippen molar-refractivity contribution in [2.45, 2.75) is 64.5 Å². The van der Waals surface area contributed by atoms with Gasteiger partial charge >= 0.3 is 13.2 Å². The number of fused-ring (bicyclic) bond motifs is 4. The van der Waals surface area contributed by atoms with Crippen molar-refractivity contribution >= 4 is 18.7 Å². The number of hydrogen-bond acceptors (Lipinski definition) is 4. The number of hydrogen-bond donors (Lipinski definition) is 2. The Labute approximate surface area is 150 Å². The van der Waals surface area contributed by atoms with Gasteiger partial charge in [-0.1, -0.05) is 32.0 Å². The van der Waals surface area contributed by atoms with Crippen molar-refractivity contribution in [2.75, 3.05) is 6.54 Å². The van der Waals surface area contributed by atoms with E-state index in [2.05, 4.69) is 13.8 Å². The first kappa shape index (κ1) is 18.3. The van der Waals surface area contributed by atoms with Crippen LogP contribution >= 0.6 is 0 Å². The highest BCUT2D eigenvalue weighted by Crippen LogP contribution is 2.48. The van der Waals surface area contributed by atoms with Gasteiger partial charge in [-0.3, -0.25) is 0 Å². The normalized spacial score (nSPS) is 28.4. The summed E-state index contributed by atoms with van der Waals surface area (Å²) in [6.07, 6.45) is 1.37. The van der Waals surface area contributed by atoms with Crippen LogP contribution in [0.5, 0.6) is 0 Å². The highest BCUT2D eigenvalue weighted by Gasteiger charge is 2.50. The molecule has 5 nitrogen and oxygen atoms in total. The average Bonchev–Trinajstić information content (AvgIpc) is 2.48. The fourth-order valence-electron chi connectivity index (χ4n) is 4.34. The molecule has 0 radical (unpaired) electrons. The second kappa shape index (κ2) is 6.03. The minimum absolute atomic E-state index is 0.0817. The molecule has 0 saturated carbocycles. The highest BCUT2D eigenvalue weighted by atomic mass is 16.6. The largest absolute Gasteiger partial charge is 0.488 e. The molecule has 0 spiro atoms. The third-order valence-corrected chi connectivity index (χ3v) is 5.96. The third kappa shape index (κ3) is 3.18. The van der Waals surface area contributed by atoms with Crippen molar-refractivity contribution in [3.05, 3.63) is 29.3 Å². The van der Waals surface area contributed by atoms with Crippen LogP contribution in [0.25, 0.3) is 0 Å². The molecule has 25 heavy (non-hydrogen) atoms. The van der Waals surface area contributed by atoms with Crippen molar-refractivity contribution in [1.82, 2.24) is 4.90 Å². The topological polar surface area (TPSA) is 70.0 Å². The van der Waals surface area contributed by atoms with Crippen molar-refractivity contribution in [2.24, 2.45) is 5.92 Å². The maximum Gasteiger partial charge on any atom is 0.488 e. The lowest BCUT2D eigenvalue weighted by molar-refractivity contribution is -0.0164. The molecule has 3 rings (SSSR count). The molecule has 1 aromatic rings. The zero-order valence-electron chi connectivity index (χ0n) is 15.7. The average molecular weight is 345 g/mol. The number of rotatable bonds is 1. The van der Waals surface area contributed by atoms with Crippen LogP contribution in [0.4, 0.5) is 4.79 Å². The first-order valence-corrected chi connectivity index (χ1v) is 9.02. The van der Waals surface area contributed by atoms with E-state index in [0.29, 0.717) is 12.0 Å². The minimum Gasteiger partial charge on any atom is -0.444 e. The minimum atomic E-state index is -1.45. The summed E-state index contributed by atoms with van der Waals surface area (Å²) in [5, 5.41) is 19.0. The number of carbonyl (C=O) groups excluding carboxylic acids is 1. The van der Waals surface area contributed by atoms with Crippen LogP contribution in [-0.2, 0) is 16.6 Å². The maximum atomic E-state index is 12.7. The summed E-state index contributed by atoms with van der Waals surface area (Å²) in [5.74, 6) is 0.271. The van der Waals surface area contributed by atoms with Crippen LogP contribution in [-0.4, -0.2) is 46.3 Å². The number of carbonyl (C=O) groups is 1. The Balaban J connectivity index is 1.95. The molecule has 1 saturated heterocycles. The lowest BCUT2D eigenvalue weighted by Crippen LogP contribution is -2.60. The Kier molecular flexibility index (Phi) is 4.40. The van der Waals surface area contributed by atoms with E-state index in [1.165, 1.54) is 11.1 Å². The van der Waals surface area contributed by atoms with Gasteiger partial charge in [0, 0.05) is 12.6 Å². The maximum absolute atomic E-state index is 12.7. The fraction of sp³-hybridized carbons (Fsp3) is 0.632. The molecular formula is C19H28BNO4. The van der Waals surface area contributed by atoms with E-state index in [1.807, 2.05) is 37.8 Å². The molecular weight excluding hydrogens is 317 g/mol. The molecule has 2 N–H and O–H groups in total. The number of ether oxygens (including phenoxy) is 1. The van der Waals surface area contributed by atoms with E-state index in [0.717, 1.165) is 12.8 Å². The summed E-state index contributed by atoms with van der Waals surface area (Å²) >= 11 is 0. The summed E-state index contributed by atoms with van der Waals surface area (Å²) in [4.78, 5) is 14.5. The van der Waals surface area contributed by atoms with Crippen LogP contribution in [0.15, 0.2) is 18.2 Å². The Hall–Kier alpha value is -1.53. The van der Waals surface area contributed by atoms with Gasteiger partial charge in [0.2, 0.25) is 0 Å². The predicted molar refractivity (Wildman–Crippen MR) is 97.8 cm³/mol. The van der Waals surface area contributed by atoms with Crippen LogP contribution in [0.3, 0.4) is 0 Å². The highest BCUT2D eigenvalue weighted by molar-refractivity contribution is 6.58. The summed E-state index contributed by atoms with van der Waals surface area (Å²) in [7, 11) is -1.45. The van der Waals surface area contributed by atoms with E-state index < -0.39 is 12.7 Å². The van der Waals surface area contributed by atoms with Gasteiger partial charge in [-0.25, -0.2) is 4.79 Å². The SMILES string of the molecule is CC1C2Cc3ccc(B(O)O)cc3[C@]1(C)CCN2C(=O)OC(C)(C)C. The molecule has 2 aliphatic rings. The van der Waals surface area contributed by atoms with E-state index in [-0.39, 0.29) is 23.5 Å². The van der Waals surface area contributed by atoms with Crippen LogP contribution in [0.1, 0.15) is 52.2 Å². The molecule has 1 aliphatic carbocycles. The quantitative estimate of drug-likeness (QED) is 0.762. The van der Waals surface area contributed by atoms with Crippen LogP contribution in [0, 0.1) is 5.92 Å². The van der Waals surface area contributed by atoms with Crippen molar-refractivity contribution in [3.8, 4) is 0 Å². The van der Waals surface area contributed by atoms with Gasteiger partial charge in [0.25, 0.3) is 0 Å². The van der Waals surface area contributed by atoms with Crippen molar-refractivity contribution in [1.29, 1.82) is 0 Å². The summed E-state index contributed by atoms with van der Waals surface area (Å²) in [6, 6.07) is 5.76. The van der Waals surface area contributed by atoms with Crippen LogP contribution < -0.4 is 5.46 Å². The van der Waals surface area contributed by atoms with Crippen LogP contribution in [0.2, 0.25) is 0 Å². The second-order valence-electron chi connectivity index (χ2n) is 8.69. The van der Waals surface area contributed by atoms with Gasteiger partial charge in [0.05, 0.1) is 0 Å². The van der Waals surface area contributed by atoms with E-state index in [1.54, 1.807) is 6.07 Å². The third-order valence-electron chi connectivity index (χ3n) is 5.96. The molecule has 2 bridgehead atoms. The monoisotopic (exact) mass is 345 g/mol. The Morgan fingerprint density at radius 1 is 1.36 bits per heavy atom. The molecule has 0 aromatic heterocycles. The second-order valence-corrected chi connectivity index (χ2v) is 8.69. The summed E-state index contributed by atoms with van der Waals surface area (Å²) in [6.45, 7) is 10.7. The fourth-order valence-corrected chi connectivity index (χ4v) is 4.34. The van der Waals surface area contributed by atoms with Gasteiger partial charge in [0.1, 0.15) is 5.60 Å². The van der Waals surface area contributed by atoms with Gasteiger partial charge < -0.3 is 19.7 Å². The molecule has 1 aliphatic heterocycles. The summed E-state index contributed by atoms with van der Waals surface area (Å²) < 4.78 is 5.61. The Morgan fingerprint density at radius 2 is 2.04 bits per heavy atom. The molecule has 1 heterocycles. The van der Waals surface area contributed by atoms with Crippen molar-refractivity contribution in [3.63, 3.8) is 0 Å². The van der Waals surface area contributed by atoms with E-state index >= 15 is 0 Å². The number of amides is 1. The zero-order valence-corrected chi connectivity index (χ0v) is 15.7. The molecule has 1 aromatic carbocycles. The van der Waals surface area contributed by atoms with Gasteiger partial charge in [-0.05, 0) is 61.5 Å². The lowest BCUT2D eigenvalue weighted by Gasteiger charge is -2.54. The molecule has 1 amide bonds. The molecule has 136 valence electrons. The summed E-state index contributed by atoms with van der Waals surface area (Å²) in [5.41, 5.74) is 2.32. The number of likely N-dealkylation sites (tertiary alicyclic amines) is 1. The smallest absolute Gasteiger partial charge is 0.444 e. The predicted octanol–water partition coefficient (Wildman–Crippen LogP) is 1.83. The molecule has 6 heteroatoms. The number of benzene rings is 1. The van der Waals surface area contributed by atoms with E-state index in [9.17, 15) is 14.8 Å². The standard InChI is InChI=1S/C19H28BNO4/c1-12-16-10-13-6-7-14(20(23)24)11-15(13)19(12,5)8-9-21(16)17(22)25-18(2,3)4/h6-7,11-12,16,23-24H,8-10H2,1-5H3/t12?,16?,19-/m1/s1. The van der Waals surface area contributed by atoms with Gasteiger partial charge in [-0.2, -0.15) is 0 Å². The van der Waals surface area contributed by atoms with Gasteiger partial charge in [-0.15, -0.1) is 0 Å². The van der Waals surface area contributed by atoms with Crippen molar-refractivity contribution < 1.29 is 19.6 Å². The van der Waals surface area contributed by atoms with E-state index in [4.69, 9.17) is 4.74 Å². The zero-order chi connectivity index (χ0) is 18.6. The lowest BCUT2D eigenvalue weighted by atomic mass is 9.58. The van der Waals surface area contributed by atoms with Gasteiger partial charge in [0.15, 0.2) is 0 Å².